The highest BCUT2D eigenvalue weighted by atomic mass is 16.6. The molecule has 0 radical (unpaired) electrons. The van der Waals surface area contributed by atoms with Crippen LogP contribution >= 0.6 is 0 Å². The maximum atomic E-state index is 12.1. The number of hydrogen-bond acceptors (Lipinski definition) is 6. The molecule has 2 rings (SSSR count). The lowest BCUT2D eigenvalue weighted by molar-refractivity contribution is -0.134. The topological polar surface area (TPSA) is 86.7 Å². The summed E-state index contributed by atoms with van der Waals surface area (Å²) < 4.78 is 9.30. The summed E-state index contributed by atoms with van der Waals surface area (Å²) in [7, 11) is 1.26. The van der Waals surface area contributed by atoms with E-state index >= 15 is 0 Å². The molecule has 2 aromatic rings. The summed E-state index contributed by atoms with van der Waals surface area (Å²) >= 11 is 0. The van der Waals surface area contributed by atoms with Gasteiger partial charge in [0.1, 0.15) is 6.29 Å². The van der Waals surface area contributed by atoms with Gasteiger partial charge >= 0.3 is 17.9 Å². The SMILES string of the molecule is COC(=O)/C=C/c1cccc(C(=O)OC(=O)c2cccc(C=O)c2)c1. The third-order valence-electron chi connectivity index (χ3n) is 3.18. The predicted molar refractivity (Wildman–Crippen MR) is 89.1 cm³/mol. The van der Waals surface area contributed by atoms with Crippen LogP contribution in [0.5, 0.6) is 0 Å². The first-order chi connectivity index (χ1) is 12.0. The van der Waals surface area contributed by atoms with E-state index in [1.807, 2.05) is 0 Å². The van der Waals surface area contributed by atoms with Crippen LogP contribution in [-0.2, 0) is 14.3 Å². The minimum absolute atomic E-state index is 0.0969. The molecular formula is C19H14O6. The van der Waals surface area contributed by atoms with Gasteiger partial charge in [-0.3, -0.25) is 4.79 Å². The van der Waals surface area contributed by atoms with E-state index in [1.165, 1.54) is 55.7 Å². The number of ether oxygens (including phenoxy) is 2. The second-order valence-electron chi connectivity index (χ2n) is 4.90. The van der Waals surface area contributed by atoms with Crippen LogP contribution in [0, 0.1) is 0 Å². The van der Waals surface area contributed by atoms with E-state index < -0.39 is 17.9 Å². The third-order valence-corrected chi connectivity index (χ3v) is 3.18. The van der Waals surface area contributed by atoms with Gasteiger partial charge in [0.25, 0.3) is 0 Å². The first kappa shape index (κ1) is 17.8. The molecule has 0 atom stereocenters. The fourth-order valence-corrected chi connectivity index (χ4v) is 1.94. The number of aldehydes is 1. The van der Waals surface area contributed by atoms with Gasteiger partial charge in [-0.2, -0.15) is 0 Å². The molecule has 0 aliphatic carbocycles. The molecule has 0 bridgehead atoms. The number of hydrogen-bond donors (Lipinski definition) is 0. The van der Waals surface area contributed by atoms with E-state index in [1.54, 1.807) is 12.1 Å². The Balaban J connectivity index is 2.12. The molecule has 0 spiro atoms. The van der Waals surface area contributed by atoms with Crippen LogP contribution < -0.4 is 0 Å². The van der Waals surface area contributed by atoms with Crippen LogP contribution in [-0.4, -0.2) is 31.3 Å². The summed E-state index contributed by atoms with van der Waals surface area (Å²) in [5.41, 5.74) is 1.11. The smallest absolute Gasteiger partial charge is 0.346 e. The molecule has 0 aliphatic rings. The van der Waals surface area contributed by atoms with Crippen molar-refractivity contribution in [1.82, 2.24) is 0 Å². The van der Waals surface area contributed by atoms with Gasteiger partial charge in [-0.05, 0) is 35.9 Å². The number of rotatable bonds is 5. The van der Waals surface area contributed by atoms with E-state index in [0.29, 0.717) is 17.4 Å². The number of benzene rings is 2. The van der Waals surface area contributed by atoms with Crippen molar-refractivity contribution in [2.24, 2.45) is 0 Å². The van der Waals surface area contributed by atoms with Gasteiger partial charge in [0.15, 0.2) is 0 Å². The Labute approximate surface area is 143 Å². The average molecular weight is 338 g/mol. The van der Waals surface area contributed by atoms with Gasteiger partial charge in [0.05, 0.1) is 18.2 Å². The van der Waals surface area contributed by atoms with Crippen LogP contribution in [0.3, 0.4) is 0 Å². The number of methoxy groups -OCH3 is 1. The Kier molecular flexibility index (Phi) is 5.95. The second kappa shape index (κ2) is 8.35. The molecule has 25 heavy (non-hydrogen) atoms. The predicted octanol–water partition coefficient (Wildman–Crippen LogP) is 2.68. The van der Waals surface area contributed by atoms with Crippen molar-refractivity contribution < 1.29 is 28.7 Å². The molecule has 2 aromatic carbocycles. The van der Waals surface area contributed by atoms with Crippen molar-refractivity contribution in [2.75, 3.05) is 7.11 Å². The number of esters is 3. The zero-order valence-electron chi connectivity index (χ0n) is 13.3. The van der Waals surface area contributed by atoms with E-state index in [-0.39, 0.29) is 11.1 Å². The van der Waals surface area contributed by atoms with Crippen LogP contribution in [0.1, 0.15) is 36.6 Å². The van der Waals surface area contributed by atoms with Crippen molar-refractivity contribution >= 4 is 30.3 Å². The number of carbonyl (C=O) groups is 4. The summed E-state index contributed by atoms with van der Waals surface area (Å²) in [6.07, 6.45) is 3.27. The highest BCUT2D eigenvalue weighted by Gasteiger charge is 2.15. The summed E-state index contributed by atoms with van der Waals surface area (Å²) in [4.78, 5) is 45.9. The Hall–Kier alpha value is -3.54. The monoisotopic (exact) mass is 338 g/mol. The van der Waals surface area contributed by atoms with Crippen molar-refractivity contribution in [1.29, 1.82) is 0 Å². The highest BCUT2D eigenvalue weighted by Crippen LogP contribution is 2.11. The molecule has 0 aliphatic heterocycles. The first-order valence-corrected chi connectivity index (χ1v) is 7.21. The van der Waals surface area contributed by atoms with Crippen molar-refractivity contribution in [2.45, 2.75) is 0 Å². The fraction of sp³-hybridized carbons (Fsp3) is 0.0526. The van der Waals surface area contributed by atoms with Gasteiger partial charge in [-0.1, -0.05) is 24.3 Å². The molecule has 126 valence electrons. The molecular weight excluding hydrogens is 324 g/mol. The quantitative estimate of drug-likeness (QED) is 0.360. The number of carbonyl (C=O) groups excluding carboxylic acids is 4. The summed E-state index contributed by atoms with van der Waals surface area (Å²) in [5.74, 6) is -2.22. The lowest BCUT2D eigenvalue weighted by Crippen LogP contribution is -2.13. The Bertz CT molecular complexity index is 850. The van der Waals surface area contributed by atoms with Crippen LogP contribution in [0.25, 0.3) is 6.08 Å². The van der Waals surface area contributed by atoms with Gasteiger partial charge in [-0.25, -0.2) is 14.4 Å². The van der Waals surface area contributed by atoms with E-state index in [0.717, 1.165) is 0 Å². The van der Waals surface area contributed by atoms with Gasteiger partial charge in [0.2, 0.25) is 0 Å². The lowest BCUT2D eigenvalue weighted by Gasteiger charge is -2.04. The summed E-state index contributed by atoms with van der Waals surface area (Å²) in [6.45, 7) is 0. The summed E-state index contributed by atoms with van der Waals surface area (Å²) in [6, 6.07) is 12.0. The summed E-state index contributed by atoms with van der Waals surface area (Å²) in [5, 5.41) is 0. The van der Waals surface area contributed by atoms with Crippen molar-refractivity contribution in [3.05, 3.63) is 76.9 Å². The highest BCUT2D eigenvalue weighted by molar-refractivity contribution is 6.03. The molecule has 0 unspecified atom stereocenters. The van der Waals surface area contributed by atoms with Crippen molar-refractivity contribution in [3.8, 4) is 0 Å². The first-order valence-electron chi connectivity index (χ1n) is 7.21. The molecule has 0 fully saturated rings. The van der Waals surface area contributed by atoms with Crippen LogP contribution in [0.2, 0.25) is 0 Å². The Morgan fingerprint density at radius 2 is 1.44 bits per heavy atom. The van der Waals surface area contributed by atoms with Crippen LogP contribution in [0.15, 0.2) is 54.6 Å². The standard InChI is InChI=1S/C19H14O6/c1-24-17(21)9-8-13-4-2-6-15(10-13)18(22)25-19(23)16-7-3-5-14(11-16)12-20/h2-12H,1H3/b9-8+. The fourth-order valence-electron chi connectivity index (χ4n) is 1.94. The minimum atomic E-state index is -0.857. The molecule has 0 amide bonds. The lowest BCUT2D eigenvalue weighted by atomic mass is 10.1. The zero-order valence-corrected chi connectivity index (χ0v) is 13.3. The molecule has 0 saturated carbocycles. The normalized spacial score (nSPS) is 10.3. The van der Waals surface area contributed by atoms with E-state index in [9.17, 15) is 19.2 Å². The Morgan fingerprint density at radius 1 is 0.880 bits per heavy atom. The van der Waals surface area contributed by atoms with E-state index in [4.69, 9.17) is 4.74 Å². The third kappa shape index (κ3) is 4.97. The molecule has 0 aromatic heterocycles. The second-order valence-corrected chi connectivity index (χ2v) is 4.90. The minimum Gasteiger partial charge on any atom is -0.466 e. The average Bonchev–Trinajstić information content (AvgIpc) is 2.66. The van der Waals surface area contributed by atoms with Gasteiger partial charge in [0, 0.05) is 11.6 Å². The molecule has 6 nitrogen and oxygen atoms in total. The molecule has 6 heteroatoms. The maximum Gasteiger partial charge on any atom is 0.346 e. The molecule has 0 heterocycles. The molecule has 0 saturated heterocycles. The molecule has 0 N–H and O–H groups in total. The maximum absolute atomic E-state index is 12.1. The van der Waals surface area contributed by atoms with Crippen LogP contribution in [0.4, 0.5) is 0 Å². The zero-order chi connectivity index (χ0) is 18.2. The Morgan fingerprint density at radius 3 is 2.00 bits per heavy atom. The van der Waals surface area contributed by atoms with Gasteiger partial charge < -0.3 is 9.47 Å². The van der Waals surface area contributed by atoms with E-state index in [2.05, 4.69) is 4.74 Å². The van der Waals surface area contributed by atoms with Crippen molar-refractivity contribution in [3.63, 3.8) is 0 Å². The van der Waals surface area contributed by atoms with Gasteiger partial charge in [-0.15, -0.1) is 0 Å². The largest absolute Gasteiger partial charge is 0.466 e.